The average Bonchev–Trinajstić information content (AvgIpc) is 3.02. The number of likely N-dealkylation sites (tertiary alicyclic amines) is 1. The number of anilines is 1. The molecule has 2 aliphatic rings. The molecule has 0 aliphatic carbocycles. The van der Waals surface area contributed by atoms with Gasteiger partial charge in [-0.15, -0.1) is 0 Å². The lowest BCUT2D eigenvalue weighted by molar-refractivity contribution is -0.384. The van der Waals surface area contributed by atoms with E-state index in [0.29, 0.717) is 11.7 Å². The molecule has 22 heavy (non-hydrogen) atoms. The fourth-order valence-electron chi connectivity index (χ4n) is 3.20. The molecular formula is C15H22N4O3. The second-order valence-electron chi connectivity index (χ2n) is 6.08. The van der Waals surface area contributed by atoms with Crippen molar-refractivity contribution in [2.75, 3.05) is 38.2 Å². The molecule has 0 saturated carbocycles. The molecule has 0 spiro atoms. The first-order chi connectivity index (χ1) is 10.7. The van der Waals surface area contributed by atoms with Crippen molar-refractivity contribution < 1.29 is 9.66 Å². The van der Waals surface area contributed by atoms with Gasteiger partial charge in [0.05, 0.1) is 11.5 Å². The molecule has 1 atom stereocenters. The molecule has 1 N–H and O–H groups in total. The largest absolute Gasteiger partial charge is 0.381 e. The second kappa shape index (κ2) is 7.02. The zero-order valence-corrected chi connectivity index (χ0v) is 12.6. The van der Waals surface area contributed by atoms with Gasteiger partial charge >= 0.3 is 5.69 Å². The van der Waals surface area contributed by atoms with Crippen molar-refractivity contribution in [1.82, 2.24) is 9.88 Å². The molecule has 2 aliphatic heterocycles. The van der Waals surface area contributed by atoms with E-state index in [1.807, 2.05) is 0 Å². The van der Waals surface area contributed by atoms with Crippen molar-refractivity contribution in [1.29, 1.82) is 0 Å². The minimum atomic E-state index is -0.384. The van der Waals surface area contributed by atoms with Crippen LogP contribution in [0.25, 0.3) is 0 Å². The Morgan fingerprint density at radius 1 is 1.41 bits per heavy atom. The summed E-state index contributed by atoms with van der Waals surface area (Å²) in [4.78, 5) is 17.2. The monoisotopic (exact) mass is 306 g/mol. The summed E-state index contributed by atoms with van der Waals surface area (Å²) in [6, 6.07) is 3.34. The van der Waals surface area contributed by atoms with Gasteiger partial charge in [-0.2, -0.15) is 0 Å². The van der Waals surface area contributed by atoms with E-state index in [1.165, 1.54) is 6.07 Å². The minimum absolute atomic E-state index is 0.0491. The fraction of sp³-hybridized carbons (Fsp3) is 0.667. The Morgan fingerprint density at radius 2 is 2.23 bits per heavy atom. The van der Waals surface area contributed by atoms with E-state index < -0.39 is 0 Å². The highest BCUT2D eigenvalue weighted by atomic mass is 16.6. The van der Waals surface area contributed by atoms with Crippen molar-refractivity contribution in [2.45, 2.75) is 25.3 Å². The van der Waals surface area contributed by atoms with Gasteiger partial charge in [0.25, 0.3) is 0 Å². The lowest BCUT2D eigenvalue weighted by atomic mass is 10.0. The molecule has 2 fully saturated rings. The van der Waals surface area contributed by atoms with Crippen molar-refractivity contribution >= 4 is 11.5 Å². The van der Waals surface area contributed by atoms with Gasteiger partial charge in [0.1, 0.15) is 0 Å². The SMILES string of the molecule is O=[N+]([O-])c1cccnc1NC1CCN(CC2CCOC2)CC1. The Bertz CT molecular complexity index is 511. The van der Waals surface area contributed by atoms with Gasteiger partial charge in [-0.1, -0.05) is 0 Å². The number of ether oxygens (including phenoxy) is 1. The van der Waals surface area contributed by atoms with Crippen LogP contribution in [-0.4, -0.2) is 53.7 Å². The molecule has 0 radical (unpaired) electrons. The molecule has 7 nitrogen and oxygen atoms in total. The lowest BCUT2D eigenvalue weighted by Gasteiger charge is -2.33. The Kier molecular flexibility index (Phi) is 4.84. The molecule has 3 rings (SSSR count). The summed E-state index contributed by atoms with van der Waals surface area (Å²) in [7, 11) is 0. The third kappa shape index (κ3) is 3.72. The molecule has 3 heterocycles. The topological polar surface area (TPSA) is 80.5 Å². The molecule has 1 aromatic rings. The van der Waals surface area contributed by atoms with Gasteiger partial charge in [-0.3, -0.25) is 10.1 Å². The van der Waals surface area contributed by atoms with Crippen molar-refractivity contribution in [2.24, 2.45) is 5.92 Å². The van der Waals surface area contributed by atoms with E-state index in [1.54, 1.807) is 12.3 Å². The molecular weight excluding hydrogens is 284 g/mol. The Balaban J connectivity index is 1.50. The van der Waals surface area contributed by atoms with Crippen LogP contribution in [0, 0.1) is 16.0 Å². The van der Waals surface area contributed by atoms with E-state index >= 15 is 0 Å². The summed E-state index contributed by atoms with van der Waals surface area (Å²) in [6.45, 7) is 4.93. The predicted molar refractivity (Wildman–Crippen MR) is 82.9 cm³/mol. The maximum Gasteiger partial charge on any atom is 0.311 e. The highest BCUT2D eigenvalue weighted by Gasteiger charge is 2.25. The molecule has 7 heteroatoms. The van der Waals surface area contributed by atoms with Crippen LogP contribution in [-0.2, 0) is 4.74 Å². The molecule has 120 valence electrons. The number of pyridine rings is 1. The molecule has 0 amide bonds. The number of aromatic nitrogens is 1. The van der Waals surface area contributed by atoms with Gasteiger partial charge in [0, 0.05) is 44.5 Å². The Labute approximate surface area is 129 Å². The van der Waals surface area contributed by atoms with Crippen LogP contribution < -0.4 is 5.32 Å². The van der Waals surface area contributed by atoms with E-state index in [-0.39, 0.29) is 16.7 Å². The van der Waals surface area contributed by atoms with Crippen molar-refractivity contribution in [3.63, 3.8) is 0 Å². The molecule has 0 aromatic carbocycles. The summed E-state index contributed by atoms with van der Waals surface area (Å²) >= 11 is 0. The van der Waals surface area contributed by atoms with Crippen LogP contribution in [0.1, 0.15) is 19.3 Å². The maximum atomic E-state index is 11.0. The highest BCUT2D eigenvalue weighted by molar-refractivity contribution is 5.55. The number of nitro groups is 1. The van der Waals surface area contributed by atoms with Crippen molar-refractivity contribution in [3.8, 4) is 0 Å². The van der Waals surface area contributed by atoms with Crippen molar-refractivity contribution in [3.05, 3.63) is 28.4 Å². The maximum absolute atomic E-state index is 11.0. The van der Waals surface area contributed by atoms with Gasteiger partial charge in [0.2, 0.25) is 5.82 Å². The first-order valence-electron chi connectivity index (χ1n) is 7.88. The van der Waals surface area contributed by atoms with E-state index in [4.69, 9.17) is 4.74 Å². The number of nitrogens with zero attached hydrogens (tertiary/aromatic N) is 3. The van der Waals surface area contributed by atoms with Gasteiger partial charge in [-0.05, 0) is 31.2 Å². The predicted octanol–water partition coefficient (Wildman–Crippen LogP) is 1.90. The molecule has 1 unspecified atom stereocenters. The summed E-state index contributed by atoms with van der Waals surface area (Å²) < 4.78 is 5.42. The summed E-state index contributed by atoms with van der Waals surface area (Å²) in [5.74, 6) is 1.05. The Morgan fingerprint density at radius 3 is 2.91 bits per heavy atom. The van der Waals surface area contributed by atoms with Gasteiger partial charge in [0.15, 0.2) is 0 Å². The first kappa shape index (κ1) is 15.2. The van der Waals surface area contributed by atoms with Gasteiger partial charge in [-0.25, -0.2) is 4.98 Å². The zero-order chi connectivity index (χ0) is 15.4. The average molecular weight is 306 g/mol. The number of nitrogens with one attached hydrogen (secondary N) is 1. The van der Waals surface area contributed by atoms with Gasteiger partial charge < -0.3 is 15.0 Å². The second-order valence-corrected chi connectivity index (χ2v) is 6.08. The minimum Gasteiger partial charge on any atom is -0.381 e. The summed E-state index contributed by atoms with van der Waals surface area (Å²) in [6.07, 6.45) is 4.73. The van der Waals surface area contributed by atoms with Crippen LogP contribution in [0.3, 0.4) is 0 Å². The van der Waals surface area contributed by atoms with E-state index in [9.17, 15) is 10.1 Å². The smallest absolute Gasteiger partial charge is 0.311 e. The third-order valence-electron chi connectivity index (χ3n) is 4.45. The molecule has 1 aromatic heterocycles. The number of hydrogen-bond donors (Lipinski definition) is 1. The van der Waals surface area contributed by atoms with Crippen LogP contribution in [0.5, 0.6) is 0 Å². The summed E-state index contributed by atoms with van der Waals surface area (Å²) in [5.41, 5.74) is 0.0491. The normalized spacial score (nSPS) is 23.5. The lowest BCUT2D eigenvalue weighted by Crippen LogP contribution is -2.41. The number of rotatable bonds is 5. The number of piperidine rings is 1. The Hall–Kier alpha value is -1.73. The van der Waals surface area contributed by atoms with E-state index in [0.717, 1.165) is 52.1 Å². The number of hydrogen-bond acceptors (Lipinski definition) is 6. The zero-order valence-electron chi connectivity index (χ0n) is 12.6. The third-order valence-corrected chi connectivity index (χ3v) is 4.45. The summed E-state index contributed by atoms with van der Waals surface area (Å²) in [5, 5.41) is 14.3. The fourth-order valence-corrected chi connectivity index (χ4v) is 3.20. The quantitative estimate of drug-likeness (QED) is 0.661. The molecule has 0 bridgehead atoms. The van der Waals surface area contributed by atoms with Crippen LogP contribution in [0.4, 0.5) is 11.5 Å². The standard InChI is InChI=1S/C15H22N4O3/c20-19(21)14-2-1-6-16-15(14)17-13-3-7-18(8-4-13)10-12-5-9-22-11-12/h1-2,6,12-13H,3-5,7-11H2,(H,16,17). The van der Waals surface area contributed by atoms with Crippen LogP contribution in [0.15, 0.2) is 18.3 Å². The highest BCUT2D eigenvalue weighted by Crippen LogP contribution is 2.24. The van der Waals surface area contributed by atoms with Crippen LogP contribution in [0.2, 0.25) is 0 Å². The van der Waals surface area contributed by atoms with Crippen LogP contribution >= 0.6 is 0 Å². The first-order valence-corrected chi connectivity index (χ1v) is 7.88. The van der Waals surface area contributed by atoms with E-state index in [2.05, 4.69) is 15.2 Å². The molecule has 2 saturated heterocycles.